The van der Waals surface area contributed by atoms with E-state index in [0.29, 0.717) is 15.0 Å². The van der Waals surface area contributed by atoms with Gasteiger partial charge in [-0.3, -0.25) is 19.5 Å². The van der Waals surface area contributed by atoms with Crippen LogP contribution in [0.15, 0.2) is 41.3 Å². The number of rotatable bonds is 7. The number of methoxy groups -OCH3 is 1. The molecule has 1 N–H and O–H groups in total. The first-order chi connectivity index (χ1) is 17.2. The quantitative estimate of drug-likeness (QED) is 0.312. The molecule has 4 aromatic rings. The van der Waals surface area contributed by atoms with Gasteiger partial charge in [0.25, 0.3) is 11.1 Å². The van der Waals surface area contributed by atoms with Crippen molar-refractivity contribution >= 4 is 74.1 Å². The maximum Gasteiger partial charge on any atom is 0.290 e. The van der Waals surface area contributed by atoms with E-state index in [2.05, 4.69) is 20.9 Å². The van der Waals surface area contributed by atoms with Crippen LogP contribution in [-0.2, 0) is 22.8 Å². The summed E-state index contributed by atoms with van der Waals surface area (Å²) in [6.07, 6.45) is 1.73. The van der Waals surface area contributed by atoms with Crippen molar-refractivity contribution in [2.75, 3.05) is 27.7 Å². The van der Waals surface area contributed by atoms with Crippen molar-refractivity contribution in [1.82, 2.24) is 24.3 Å². The number of carbonyl (C=O) groups is 2. The van der Waals surface area contributed by atoms with Crippen molar-refractivity contribution in [3.8, 4) is 11.5 Å². The van der Waals surface area contributed by atoms with Gasteiger partial charge in [0.1, 0.15) is 6.73 Å². The number of carbonyl (C=O) groups excluding carboxylic acids is 2. The second kappa shape index (κ2) is 9.91. The highest BCUT2D eigenvalue weighted by Crippen LogP contribution is 2.35. The molecule has 1 fully saturated rings. The zero-order valence-electron chi connectivity index (χ0n) is 19.8. The molecule has 0 bridgehead atoms. The number of ether oxygens (including phenoxy) is 1. The maximum absolute atomic E-state index is 12.0. The summed E-state index contributed by atoms with van der Waals surface area (Å²) in [5.41, 5.74) is 4.32. The van der Waals surface area contributed by atoms with Gasteiger partial charge >= 0.3 is 0 Å². The monoisotopic (exact) mass is 543 g/mol. The molecule has 0 spiro atoms. The zero-order chi connectivity index (χ0) is 25.6. The predicted molar refractivity (Wildman–Crippen MR) is 145 cm³/mol. The second-order valence-electron chi connectivity index (χ2n) is 8.69. The summed E-state index contributed by atoms with van der Waals surface area (Å²) in [5.74, 6) is 0.358. The van der Waals surface area contributed by atoms with Gasteiger partial charge in [0.2, 0.25) is 0 Å². The molecule has 5 rings (SSSR count). The number of hydrogen-bond acceptors (Lipinski definition) is 6. The molecule has 3 heterocycles. The predicted octanol–water partition coefficient (Wildman–Crippen LogP) is 5.45. The largest absolute Gasteiger partial charge is 0.364 e. The van der Waals surface area contributed by atoms with E-state index >= 15 is 0 Å². The fourth-order valence-electron chi connectivity index (χ4n) is 4.25. The van der Waals surface area contributed by atoms with Gasteiger partial charge in [-0.15, -0.1) is 0 Å². The van der Waals surface area contributed by atoms with Gasteiger partial charge < -0.3 is 14.2 Å². The average Bonchev–Trinajstić information content (AvgIpc) is 3.45. The van der Waals surface area contributed by atoms with E-state index in [4.69, 9.17) is 32.9 Å². The number of imide groups is 1. The van der Waals surface area contributed by atoms with Crippen LogP contribution in [0, 0.1) is 0 Å². The number of aromatic nitrogens is 3. The van der Waals surface area contributed by atoms with Crippen LogP contribution in [0.25, 0.3) is 39.5 Å². The molecule has 1 aliphatic heterocycles. The summed E-state index contributed by atoms with van der Waals surface area (Å²) >= 11 is 13.5. The topological polar surface area (TPSA) is 81.4 Å². The van der Waals surface area contributed by atoms with Gasteiger partial charge in [0, 0.05) is 31.1 Å². The van der Waals surface area contributed by atoms with Crippen molar-refractivity contribution in [3.63, 3.8) is 0 Å². The Hall–Kier alpha value is -2.82. The van der Waals surface area contributed by atoms with E-state index in [9.17, 15) is 9.59 Å². The van der Waals surface area contributed by atoms with Gasteiger partial charge in [-0.1, -0.05) is 29.3 Å². The molecule has 186 valence electrons. The summed E-state index contributed by atoms with van der Waals surface area (Å²) in [6, 6.07) is 11.6. The average molecular weight is 544 g/mol. The molecule has 11 heteroatoms. The van der Waals surface area contributed by atoms with Crippen LogP contribution in [0.4, 0.5) is 4.79 Å². The number of likely N-dealkylation sites (N-methyl/N-ethyl adjacent to an activating group) is 1. The van der Waals surface area contributed by atoms with Crippen molar-refractivity contribution in [2.24, 2.45) is 0 Å². The van der Waals surface area contributed by atoms with Gasteiger partial charge in [0.05, 0.1) is 31.7 Å². The van der Waals surface area contributed by atoms with E-state index in [1.807, 2.05) is 36.9 Å². The Morgan fingerprint density at radius 2 is 1.86 bits per heavy atom. The molecule has 0 unspecified atom stereocenters. The number of nitrogens with zero attached hydrogens (tertiary/aromatic N) is 4. The maximum atomic E-state index is 12.0. The normalized spacial score (nSPS) is 15.2. The van der Waals surface area contributed by atoms with Crippen LogP contribution < -0.4 is 5.32 Å². The molecule has 0 radical (unpaired) electrons. The first-order valence-electron chi connectivity index (χ1n) is 11.1. The Bertz CT molecular complexity index is 1560. The summed E-state index contributed by atoms with van der Waals surface area (Å²) in [6.45, 7) is 1.84. The summed E-state index contributed by atoms with van der Waals surface area (Å²) in [7, 11) is 5.70. The molecule has 2 aromatic heterocycles. The van der Waals surface area contributed by atoms with Gasteiger partial charge in [-0.25, -0.2) is 4.98 Å². The van der Waals surface area contributed by atoms with Crippen molar-refractivity contribution in [2.45, 2.75) is 13.3 Å². The number of imidazole rings is 1. The minimum absolute atomic E-state index is 0.288. The lowest BCUT2D eigenvalue weighted by Crippen LogP contribution is -2.19. The molecule has 0 saturated carbocycles. The number of fused-ring (bicyclic) bond motifs is 2. The molecule has 36 heavy (non-hydrogen) atoms. The Morgan fingerprint density at radius 3 is 2.56 bits per heavy atom. The fourth-order valence-corrected chi connectivity index (χ4v) is 5.25. The van der Waals surface area contributed by atoms with Crippen LogP contribution >= 0.6 is 35.0 Å². The molecule has 2 aromatic carbocycles. The van der Waals surface area contributed by atoms with Crippen LogP contribution in [-0.4, -0.2) is 57.9 Å². The third kappa shape index (κ3) is 4.65. The fraction of sp³-hybridized carbons (Fsp3) is 0.240. The molecule has 0 atom stereocenters. The lowest BCUT2D eigenvalue weighted by atomic mass is 10.1. The Morgan fingerprint density at radius 1 is 1.08 bits per heavy atom. The second-order valence-corrected chi connectivity index (χ2v) is 10.5. The number of halogens is 2. The SMILES string of the molecule is COCn1c(-c2cc3cc(/C=C4/SC(=O)NC4=O)ccc3n2CCN(C)C)nc2cc(Cl)c(Cl)cc21. The van der Waals surface area contributed by atoms with Crippen molar-refractivity contribution < 1.29 is 14.3 Å². The van der Waals surface area contributed by atoms with Crippen molar-refractivity contribution in [1.29, 1.82) is 0 Å². The van der Waals surface area contributed by atoms with E-state index in [0.717, 1.165) is 63.9 Å². The van der Waals surface area contributed by atoms with Gasteiger partial charge in [0.15, 0.2) is 5.82 Å². The minimum Gasteiger partial charge on any atom is -0.364 e. The highest BCUT2D eigenvalue weighted by Gasteiger charge is 2.25. The highest BCUT2D eigenvalue weighted by molar-refractivity contribution is 8.18. The first-order valence-corrected chi connectivity index (χ1v) is 12.7. The molecule has 2 amide bonds. The Kier molecular flexibility index (Phi) is 6.84. The Labute approximate surface area is 221 Å². The number of benzene rings is 2. The van der Waals surface area contributed by atoms with Crippen molar-refractivity contribution in [3.05, 3.63) is 56.9 Å². The molecule has 1 aliphatic rings. The van der Waals surface area contributed by atoms with E-state index < -0.39 is 0 Å². The molecule has 1 saturated heterocycles. The molecule has 8 nitrogen and oxygen atoms in total. The molecular weight excluding hydrogens is 521 g/mol. The Balaban J connectivity index is 1.69. The summed E-state index contributed by atoms with van der Waals surface area (Å²) in [4.78, 5) is 31.0. The van der Waals surface area contributed by atoms with E-state index in [-0.39, 0.29) is 17.9 Å². The van der Waals surface area contributed by atoms with E-state index in [1.165, 1.54) is 0 Å². The number of amides is 2. The smallest absolute Gasteiger partial charge is 0.290 e. The zero-order valence-corrected chi connectivity index (χ0v) is 22.2. The van der Waals surface area contributed by atoms with Crippen LogP contribution in [0.2, 0.25) is 10.0 Å². The highest BCUT2D eigenvalue weighted by atomic mass is 35.5. The number of nitrogens with one attached hydrogen (secondary N) is 1. The summed E-state index contributed by atoms with van der Waals surface area (Å²) < 4.78 is 9.71. The number of hydrogen-bond donors (Lipinski definition) is 1. The van der Waals surface area contributed by atoms with E-state index in [1.54, 1.807) is 25.3 Å². The first kappa shape index (κ1) is 24.9. The van der Waals surface area contributed by atoms with Gasteiger partial charge in [-0.2, -0.15) is 0 Å². The minimum atomic E-state index is -0.375. The third-order valence-electron chi connectivity index (χ3n) is 5.91. The summed E-state index contributed by atoms with van der Waals surface area (Å²) in [5, 5.41) is 3.81. The van der Waals surface area contributed by atoms with Crippen LogP contribution in [0.1, 0.15) is 5.56 Å². The molecular formula is C25H23Cl2N5O3S. The van der Waals surface area contributed by atoms with Crippen LogP contribution in [0.5, 0.6) is 0 Å². The third-order valence-corrected chi connectivity index (χ3v) is 7.45. The van der Waals surface area contributed by atoms with Crippen LogP contribution in [0.3, 0.4) is 0 Å². The standard InChI is InChI=1S/C25H23Cl2N5O3S/c1-30(2)6-7-31-19-5-4-14(9-22-24(33)29-25(34)36-22)8-15(19)10-21(31)23-28-18-11-16(26)17(27)12-20(18)32(23)13-35-3/h4-5,8-12H,6-7,13H2,1-3H3,(H,29,33,34)/b22-9+. The lowest BCUT2D eigenvalue weighted by Gasteiger charge is -2.15. The lowest BCUT2D eigenvalue weighted by molar-refractivity contribution is -0.115. The molecule has 0 aliphatic carbocycles. The van der Waals surface area contributed by atoms with Gasteiger partial charge in [-0.05, 0) is 67.8 Å². The number of thioether (sulfide) groups is 1.